The Morgan fingerprint density at radius 2 is 1.67 bits per heavy atom. The van der Waals surface area contributed by atoms with Gasteiger partial charge >= 0.3 is 4.87 Å². The number of sulfonamides is 2. The van der Waals surface area contributed by atoms with Gasteiger partial charge in [-0.2, -0.15) is 4.31 Å². The number of likely N-dealkylation sites (N-methyl/N-ethyl adjacent to an activating group) is 1. The lowest BCUT2D eigenvalue weighted by Gasteiger charge is -2.32. The molecular formula is C26H27ClN4O5S3. The molecule has 5 rings (SSSR count). The molecular weight excluding hydrogens is 580 g/mol. The molecule has 1 aliphatic rings. The van der Waals surface area contributed by atoms with E-state index in [1.165, 1.54) is 28.6 Å². The summed E-state index contributed by atoms with van der Waals surface area (Å²) in [6.07, 6.45) is 0. The first-order valence-corrected chi connectivity index (χ1v) is 16.3. The van der Waals surface area contributed by atoms with E-state index in [-0.39, 0.29) is 26.9 Å². The molecule has 0 amide bonds. The minimum absolute atomic E-state index is 0.0369. The number of aromatic nitrogens is 1. The van der Waals surface area contributed by atoms with E-state index in [9.17, 15) is 21.6 Å². The Bertz CT molecular complexity index is 1830. The van der Waals surface area contributed by atoms with Crippen LogP contribution in [0.4, 0.5) is 5.69 Å². The van der Waals surface area contributed by atoms with Crippen LogP contribution in [0.1, 0.15) is 11.1 Å². The van der Waals surface area contributed by atoms with Crippen molar-refractivity contribution in [2.24, 2.45) is 0 Å². The van der Waals surface area contributed by atoms with Gasteiger partial charge in [-0.15, -0.1) is 0 Å². The molecule has 0 radical (unpaired) electrons. The fraction of sp³-hybridized carbons (Fsp3) is 0.269. The van der Waals surface area contributed by atoms with Gasteiger partial charge in [0.1, 0.15) is 0 Å². The van der Waals surface area contributed by atoms with E-state index in [2.05, 4.69) is 9.62 Å². The SMILES string of the molecule is Cc1ccc(NS(=O)(=O)c2ccc3c(c2)sc(=O)n3Cc2ccccc2Cl)cc1S(=O)(=O)N1CCN(C)CC1. The minimum Gasteiger partial charge on any atom is -0.304 e. The summed E-state index contributed by atoms with van der Waals surface area (Å²) in [5, 5.41) is 0.541. The number of rotatable bonds is 7. The first-order valence-electron chi connectivity index (χ1n) is 12.1. The maximum atomic E-state index is 13.3. The number of thiazole rings is 1. The molecule has 206 valence electrons. The molecule has 4 aromatic rings. The predicted octanol–water partition coefficient (Wildman–Crippen LogP) is 3.81. The van der Waals surface area contributed by atoms with Gasteiger partial charge in [-0.3, -0.25) is 14.1 Å². The van der Waals surface area contributed by atoms with E-state index in [0.29, 0.717) is 47.0 Å². The van der Waals surface area contributed by atoms with E-state index < -0.39 is 20.0 Å². The largest absolute Gasteiger partial charge is 0.308 e. The average molecular weight is 607 g/mol. The molecule has 0 saturated carbocycles. The van der Waals surface area contributed by atoms with Crippen LogP contribution in [0.15, 0.2) is 75.2 Å². The van der Waals surface area contributed by atoms with Gasteiger partial charge in [0.25, 0.3) is 10.0 Å². The van der Waals surface area contributed by atoms with Crippen LogP contribution in [0.25, 0.3) is 10.2 Å². The van der Waals surface area contributed by atoms with Crippen molar-refractivity contribution in [3.8, 4) is 0 Å². The van der Waals surface area contributed by atoms with Crippen molar-refractivity contribution in [1.29, 1.82) is 0 Å². The number of halogens is 1. The average Bonchev–Trinajstić information content (AvgIpc) is 3.20. The number of fused-ring (bicyclic) bond motifs is 1. The molecule has 0 bridgehead atoms. The second kappa shape index (κ2) is 10.7. The Labute approximate surface area is 236 Å². The van der Waals surface area contributed by atoms with E-state index in [4.69, 9.17) is 11.6 Å². The molecule has 1 aromatic heterocycles. The fourth-order valence-electron chi connectivity index (χ4n) is 4.48. The highest BCUT2D eigenvalue weighted by atomic mass is 35.5. The van der Waals surface area contributed by atoms with Crippen LogP contribution in [0.5, 0.6) is 0 Å². The molecule has 0 unspecified atom stereocenters. The van der Waals surface area contributed by atoms with Crippen LogP contribution < -0.4 is 9.60 Å². The Kier molecular flexibility index (Phi) is 7.61. The van der Waals surface area contributed by atoms with Crippen molar-refractivity contribution in [2.45, 2.75) is 23.3 Å². The summed E-state index contributed by atoms with van der Waals surface area (Å²) in [6.45, 7) is 3.93. The monoisotopic (exact) mass is 606 g/mol. The molecule has 1 fully saturated rings. The van der Waals surface area contributed by atoms with Crippen molar-refractivity contribution >= 4 is 58.9 Å². The summed E-state index contributed by atoms with van der Waals surface area (Å²) in [5.41, 5.74) is 2.04. The molecule has 1 N–H and O–H groups in total. The zero-order valence-corrected chi connectivity index (χ0v) is 24.5. The Morgan fingerprint density at radius 1 is 0.949 bits per heavy atom. The Morgan fingerprint density at radius 3 is 2.38 bits per heavy atom. The first kappa shape index (κ1) is 27.8. The number of piperazine rings is 1. The van der Waals surface area contributed by atoms with Crippen molar-refractivity contribution in [1.82, 2.24) is 13.8 Å². The third-order valence-corrected chi connectivity index (χ3v) is 11.5. The molecule has 39 heavy (non-hydrogen) atoms. The third-order valence-electron chi connectivity index (χ3n) is 6.76. The van der Waals surface area contributed by atoms with Gasteiger partial charge in [0.15, 0.2) is 0 Å². The smallest absolute Gasteiger partial charge is 0.304 e. The molecule has 0 aliphatic carbocycles. The lowest BCUT2D eigenvalue weighted by molar-refractivity contribution is 0.222. The van der Waals surface area contributed by atoms with Gasteiger partial charge in [0, 0.05) is 31.2 Å². The highest BCUT2D eigenvalue weighted by molar-refractivity contribution is 7.92. The van der Waals surface area contributed by atoms with Gasteiger partial charge < -0.3 is 4.90 Å². The number of hydrogen-bond acceptors (Lipinski definition) is 7. The van der Waals surface area contributed by atoms with Crippen molar-refractivity contribution in [2.75, 3.05) is 37.9 Å². The molecule has 1 aliphatic heterocycles. The molecule has 3 aromatic carbocycles. The topological polar surface area (TPSA) is 109 Å². The summed E-state index contributed by atoms with van der Waals surface area (Å²) in [5.74, 6) is 0. The second-order valence-electron chi connectivity index (χ2n) is 9.47. The van der Waals surface area contributed by atoms with Gasteiger partial charge in [0.05, 0.1) is 32.2 Å². The van der Waals surface area contributed by atoms with Gasteiger partial charge in [-0.05, 0) is 61.5 Å². The van der Waals surface area contributed by atoms with E-state index in [1.54, 1.807) is 29.7 Å². The lowest BCUT2D eigenvalue weighted by atomic mass is 10.2. The van der Waals surface area contributed by atoms with Crippen LogP contribution in [0.2, 0.25) is 5.02 Å². The summed E-state index contributed by atoms with van der Waals surface area (Å²) >= 11 is 7.21. The maximum absolute atomic E-state index is 13.3. The molecule has 2 heterocycles. The molecule has 1 saturated heterocycles. The third kappa shape index (κ3) is 5.63. The van der Waals surface area contributed by atoms with Crippen molar-refractivity contribution in [3.05, 3.63) is 86.5 Å². The van der Waals surface area contributed by atoms with Crippen LogP contribution >= 0.6 is 22.9 Å². The maximum Gasteiger partial charge on any atom is 0.308 e. The minimum atomic E-state index is -4.07. The highest BCUT2D eigenvalue weighted by Crippen LogP contribution is 2.28. The van der Waals surface area contributed by atoms with E-state index >= 15 is 0 Å². The first-order chi connectivity index (χ1) is 18.5. The van der Waals surface area contributed by atoms with Crippen molar-refractivity contribution in [3.63, 3.8) is 0 Å². The van der Waals surface area contributed by atoms with Gasteiger partial charge in [-0.1, -0.05) is 47.2 Å². The fourth-order valence-corrected chi connectivity index (χ4v) is 8.43. The lowest BCUT2D eigenvalue weighted by Crippen LogP contribution is -2.47. The highest BCUT2D eigenvalue weighted by Gasteiger charge is 2.29. The summed E-state index contributed by atoms with van der Waals surface area (Å²) in [7, 11) is -5.93. The number of hydrogen-bond donors (Lipinski definition) is 1. The van der Waals surface area contributed by atoms with Gasteiger partial charge in [0.2, 0.25) is 10.0 Å². The number of benzene rings is 3. The summed E-state index contributed by atoms with van der Waals surface area (Å²) < 4.78 is 59.2. The number of anilines is 1. The Balaban J connectivity index is 1.43. The standard InChI is InChI=1S/C26H27ClN4O5S3/c1-18-7-8-20(15-25(18)39(35,36)30-13-11-29(2)12-14-30)28-38(33,34)21-9-10-23-24(16-21)37-26(32)31(23)17-19-5-3-4-6-22(19)27/h3-10,15-16,28H,11-14,17H2,1-2H3. The number of nitrogens with one attached hydrogen (secondary N) is 1. The second-order valence-corrected chi connectivity index (χ2v) is 14.5. The Hall–Kier alpha value is -2.74. The number of nitrogens with zero attached hydrogens (tertiary/aromatic N) is 3. The predicted molar refractivity (Wildman–Crippen MR) is 155 cm³/mol. The summed E-state index contributed by atoms with van der Waals surface area (Å²) in [6, 6.07) is 16.2. The molecule has 0 spiro atoms. The zero-order valence-electron chi connectivity index (χ0n) is 21.3. The van der Waals surface area contributed by atoms with Crippen LogP contribution in [0.3, 0.4) is 0 Å². The van der Waals surface area contributed by atoms with E-state index in [1.807, 2.05) is 25.2 Å². The normalized spacial score (nSPS) is 15.6. The summed E-state index contributed by atoms with van der Waals surface area (Å²) in [4.78, 5) is 14.6. The molecule has 13 heteroatoms. The van der Waals surface area contributed by atoms with Crippen LogP contribution in [-0.2, 0) is 26.6 Å². The van der Waals surface area contributed by atoms with Crippen LogP contribution in [0, 0.1) is 6.92 Å². The number of aryl methyl sites for hydroxylation is 1. The molecule has 0 atom stereocenters. The van der Waals surface area contributed by atoms with Gasteiger partial charge in [-0.25, -0.2) is 16.8 Å². The van der Waals surface area contributed by atoms with Crippen LogP contribution in [-0.4, -0.2) is 63.8 Å². The molecule has 9 nitrogen and oxygen atoms in total. The quantitative estimate of drug-likeness (QED) is 0.343. The van der Waals surface area contributed by atoms with E-state index in [0.717, 1.165) is 16.9 Å². The van der Waals surface area contributed by atoms with Crippen molar-refractivity contribution < 1.29 is 16.8 Å². The zero-order chi connectivity index (χ0) is 27.9.